The average Bonchev–Trinajstić information content (AvgIpc) is 2.32. The highest BCUT2D eigenvalue weighted by atomic mass is 15.0. The zero-order valence-corrected chi connectivity index (χ0v) is 10.1. The van der Waals surface area contributed by atoms with Crippen LogP contribution in [0, 0.1) is 6.92 Å². The molecule has 0 amide bonds. The molecule has 0 spiro atoms. The van der Waals surface area contributed by atoms with Crippen LogP contribution in [0.3, 0.4) is 0 Å². The lowest BCUT2D eigenvalue weighted by atomic mass is 10.1. The zero-order valence-electron chi connectivity index (χ0n) is 10.1. The Morgan fingerprint density at radius 2 is 1.94 bits per heavy atom. The van der Waals surface area contributed by atoms with E-state index in [2.05, 4.69) is 10.3 Å². The monoisotopic (exact) mass is 227 g/mol. The van der Waals surface area contributed by atoms with Gasteiger partial charge < -0.3 is 11.1 Å². The van der Waals surface area contributed by atoms with Crippen LogP contribution in [0.25, 0.3) is 0 Å². The van der Waals surface area contributed by atoms with Gasteiger partial charge in [-0.3, -0.25) is 0 Å². The molecular formula is C14H17N3. The molecule has 17 heavy (non-hydrogen) atoms. The first-order valence-electron chi connectivity index (χ1n) is 5.71. The minimum Gasteiger partial charge on any atom is -0.340 e. The zero-order chi connectivity index (χ0) is 12.3. The summed E-state index contributed by atoms with van der Waals surface area (Å²) in [4.78, 5) is 4.32. The van der Waals surface area contributed by atoms with Gasteiger partial charge in [-0.2, -0.15) is 0 Å². The van der Waals surface area contributed by atoms with Gasteiger partial charge >= 0.3 is 0 Å². The van der Waals surface area contributed by atoms with Crippen LogP contribution in [-0.4, -0.2) is 4.98 Å². The summed E-state index contributed by atoms with van der Waals surface area (Å²) in [7, 11) is 0. The smallest absolute Gasteiger partial charge is 0.133 e. The van der Waals surface area contributed by atoms with Crippen molar-refractivity contribution in [2.45, 2.75) is 19.9 Å². The largest absolute Gasteiger partial charge is 0.340 e. The summed E-state index contributed by atoms with van der Waals surface area (Å²) in [5.41, 5.74) is 9.18. The standard InChI is InChI=1S/C14H17N3/c1-10-6-5-9-16-14(10)17-13-8-4-3-7-12(13)11(2)15/h3-9,11H,15H2,1-2H3,(H,16,17). The second-order valence-electron chi connectivity index (χ2n) is 4.17. The highest BCUT2D eigenvalue weighted by Crippen LogP contribution is 2.24. The van der Waals surface area contributed by atoms with Crippen LogP contribution in [0.4, 0.5) is 11.5 Å². The predicted octanol–water partition coefficient (Wildman–Crippen LogP) is 3.15. The molecule has 0 radical (unpaired) electrons. The molecule has 1 unspecified atom stereocenters. The highest BCUT2D eigenvalue weighted by molar-refractivity contribution is 5.63. The molecule has 3 heteroatoms. The predicted molar refractivity (Wildman–Crippen MR) is 71.3 cm³/mol. The molecule has 2 aromatic rings. The minimum absolute atomic E-state index is 0.00252. The second kappa shape index (κ2) is 4.97. The highest BCUT2D eigenvalue weighted by Gasteiger charge is 2.07. The van der Waals surface area contributed by atoms with Crippen LogP contribution in [0.15, 0.2) is 42.6 Å². The third-order valence-corrected chi connectivity index (χ3v) is 2.71. The lowest BCUT2D eigenvalue weighted by Crippen LogP contribution is -2.08. The van der Waals surface area contributed by atoms with E-state index in [-0.39, 0.29) is 6.04 Å². The number of anilines is 2. The maximum Gasteiger partial charge on any atom is 0.133 e. The van der Waals surface area contributed by atoms with E-state index in [1.54, 1.807) is 6.20 Å². The Labute approximate surface area is 102 Å². The lowest BCUT2D eigenvalue weighted by Gasteiger charge is -2.14. The van der Waals surface area contributed by atoms with Crippen molar-refractivity contribution in [2.24, 2.45) is 5.73 Å². The van der Waals surface area contributed by atoms with E-state index in [9.17, 15) is 0 Å². The molecule has 88 valence electrons. The third kappa shape index (κ3) is 2.63. The second-order valence-corrected chi connectivity index (χ2v) is 4.17. The molecule has 0 bridgehead atoms. The molecule has 1 aromatic heterocycles. The van der Waals surface area contributed by atoms with Crippen molar-refractivity contribution in [3.8, 4) is 0 Å². The molecule has 0 saturated heterocycles. The number of hydrogen-bond acceptors (Lipinski definition) is 3. The molecule has 3 N–H and O–H groups in total. The average molecular weight is 227 g/mol. The Morgan fingerprint density at radius 3 is 2.65 bits per heavy atom. The van der Waals surface area contributed by atoms with Crippen molar-refractivity contribution < 1.29 is 0 Å². The topological polar surface area (TPSA) is 50.9 Å². The van der Waals surface area contributed by atoms with Crippen molar-refractivity contribution >= 4 is 11.5 Å². The van der Waals surface area contributed by atoms with Crippen molar-refractivity contribution in [3.05, 3.63) is 53.7 Å². The van der Waals surface area contributed by atoms with Gasteiger partial charge in [0.25, 0.3) is 0 Å². The molecule has 1 aromatic carbocycles. The van der Waals surface area contributed by atoms with Crippen LogP contribution in [0.2, 0.25) is 0 Å². The molecule has 0 saturated carbocycles. The molecule has 0 fully saturated rings. The SMILES string of the molecule is Cc1cccnc1Nc1ccccc1C(C)N. The van der Waals surface area contributed by atoms with E-state index < -0.39 is 0 Å². The minimum atomic E-state index is 0.00252. The number of aromatic nitrogens is 1. The van der Waals surface area contributed by atoms with Gasteiger partial charge in [0.2, 0.25) is 0 Å². The normalized spacial score (nSPS) is 12.2. The number of nitrogens with two attached hydrogens (primary N) is 1. The summed E-state index contributed by atoms with van der Waals surface area (Å²) < 4.78 is 0. The van der Waals surface area contributed by atoms with Crippen LogP contribution >= 0.6 is 0 Å². The fraction of sp³-hybridized carbons (Fsp3) is 0.214. The fourth-order valence-electron chi connectivity index (χ4n) is 1.75. The first kappa shape index (κ1) is 11.6. The molecule has 3 nitrogen and oxygen atoms in total. The van der Waals surface area contributed by atoms with E-state index in [0.717, 1.165) is 22.6 Å². The Kier molecular flexibility index (Phi) is 3.40. The van der Waals surface area contributed by atoms with Gasteiger partial charge in [-0.15, -0.1) is 0 Å². The maximum absolute atomic E-state index is 5.95. The number of nitrogens with zero attached hydrogens (tertiary/aromatic N) is 1. The van der Waals surface area contributed by atoms with Crippen LogP contribution in [0.5, 0.6) is 0 Å². The summed E-state index contributed by atoms with van der Waals surface area (Å²) in [5, 5.41) is 3.33. The van der Waals surface area contributed by atoms with Gasteiger partial charge in [-0.1, -0.05) is 24.3 Å². The Morgan fingerprint density at radius 1 is 1.18 bits per heavy atom. The number of benzene rings is 1. The van der Waals surface area contributed by atoms with E-state index in [1.807, 2.05) is 50.2 Å². The van der Waals surface area contributed by atoms with Gasteiger partial charge in [0, 0.05) is 17.9 Å². The van der Waals surface area contributed by atoms with Crippen LogP contribution in [0.1, 0.15) is 24.1 Å². The summed E-state index contributed by atoms with van der Waals surface area (Å²) in [6.07, 6.45) is 1.78. The summed E-state index contributed by atoms with van der Waals surface area (Å²) in [6.45, 7) is 4.01. The molecular weight excluding hydrogens is 210 g/mol. The molecule has 1 heterocycles. The summed E-state index contributed by atoms with van der Waals surface area (Å²) >= 11 is 0. The van der Waals surface area contributed by atoms with Crippen LogP contribution in [-0.2, 0) is 0 Å². The Bertz CT molecular complexity index is 506. The van der Waals surface area contributed by atoms with E-state index >= 15 is 0 Å². The molecule has 0 aliphatic carbocycles. The van der Waals surface area contributed by atoms with E-state index in [4.69, 9.17) is 5.73 Å². The third-order valence-electron chi connectivity index (χ3n) is 2.71. The molecule has 0 aliphatic heterocycles. The van der Waals surface area contributed by atoms with Gasteiger partial charge in [0.15, 0.2) is 0 Å². The van der Waals surface area contributed by atoms with Crippen molar-refractivity contribution in [1.82, 2.24) is 4.98 Å². The van der Waals surface area contributed by atoms with Crippen molar-refractivity contribution in [2.75, 3.05) is 5.32 Å². The number of pyridine rings is 1. The number of para-hydroxylation sites is 1. The van der Waals surface area contributed by atoms with Crippen LogP contribution < -0.4 is 11.1 Å². The quantitative estimate of drug-likeness (QED) is 0.846. The Hall–Kier alpha value is -1.87. The van der Waals surface area contributed by atoms with Gasteiger partial charge in [-0.25, -0.2) is 4.98 Å². The fourth-order valence-corrected chi connectivity index (χ4v) is 1.75. The number of rotatable bonds is 3. The number of nitrogens with one attached hydrogen (secondary N) is 1. The van der Waals surface area contributed by atoms with Crippen molar-refractivity contribution in [3.63, 3.8) is 0 Å². The number of aryl methyl sites for hydroxylation is 1. The molecule has 2 rings (SSSR count). The summed E-state index contributed by atoms with van der Waals surface area (Å²) in [5.74, 6) is 0.876. The summed E-state index contributed by atoms with van der Waals surface area (Å²) in [6, 6.07) is 12.0. The van der Waals surface area contributed by atoms with E-state index in [1.165, 1.54) is 0 Å². The molecule has 0 aliphatic rings. The Balaban J connectivity index is 2.34. The van der Waals surface area contributed by atoms with Gasteiger partial charge in [0.05, 0.1) is 0 Å². The van der Waals surface area contributed by atoms with E-state index in [0.29, 0.717) is 0 Å². The first-order valence-corrected chi connectivity index (χ1v) is 5.71. The van der Waals surface area contributed by atoms with Crippen molar-refractivity contribution in [1.29, 1.82) is 0 Å². The number of hydrogen-bond donors (Lipinski definition) is 2. The van der Waals surface area contributed by atoms with Gasteiger partial charge in [-0.05, 0) is 37.1 Å². The first-order chi connectivity index (χ1) is 8.18. The maximum atomic E-state index is 5.95. The van der Waals surface area contributed by atoms with Gasteiger partial charge in [0.1, 0.15) is 5.82 Å². The molecule has 1 atom stereocenters. The lowest BCUT2D eigenvalue weighted by molar-refractivity contribution is 0.820.